The predicted octanol–water partition coefficient (Wildman–Crippen LogP) is 4.04. The Morgan fingerprint density at radius 1 is 1.15 bits per heavy atom. The summed E-state index contributed by atoms with van der Waals surface area (Å²) < 4.78 is 5.75. The zero-order valence-corrected chi connectivity index (χ0v) is 15.5. The molecule has 0 spiro atoms. The topological polar surface area (TPSA) is 71.3 Å². The molecule has 0 unspecified atom stereocenters. The van der Waals surface area contributed by atoms with E-state index in [1.165, 1.54) is 0 Å². The van der Waals surface area contributed by atoms with E-state index in [0.717, 1.165) is 23.5 Å². The van der Waals surface area contributed by atoms with Gasteiger partial charge in [0.2, 0.25) is 11.8 Å². The van der Waals surface area contributed by atoms with Crippen LogP contribution in [0.2, 0.25) is 0 Å². The molecule has 0 bridgehead atoms. The standard InChI is InChI=1S/C19H22N4O2S/c1-2-11-23(12-10-17(24)20-15-7-4-3-5-8-15)14-18-21-22-19(25-18)16-9-6-13-26-16/h3-9,13H,2,10-12,14H2,1H3,(H,20,24). The largest absolute Gasteiger partial charge is 0.419 e. The highest BCUT2D eigenvalue weighted by Crippen LogP contribution is 2.23. The Labute approximate surface area is 156 Å². The Bertz CT molecular complexity index is 802. The number of nitrogens with one attached hydrogen (secondary N) is 1. The van der Waals surface area contributed by atoms with Crippen LogP contribution in [-0.4, -0.2) is 34.1 Å². The van der Waals surface area contributed by atoms with E-state index in [1.54, 1.807) is 11.3 Å². The molecule has 6 nitrogen and oxygen atoms in total. The van der Waals surface area contributed by atoms with E-state index in [1.807, 2.05) is 47.8 Å². The highest BCUT2D eigenvalue weighted by Gasteiger charge is 2.14. The Morgan fingerprint density at radius 2 is 2.00 bits per heavy atom. The summed E-state index contributed by atoms with van der Waals surface area (Å²) in [6.07, 6.45) is 1.41. The average Bonchev–Trinajstić information content (AvgIpc) is 3.32. The van der Waals surface area contributed by atoms with Gasteiger partial charge in [-0.05, 0) is 36.5 Å². The van der Waals surface area contributed by atoms with E-state index >= 15 is 0 Å². The van der Waals surface area contributed by atoms with Gasteiger partial charge in [-0.2, -0.15) is 0 Å². The first kappa shape index (κ1) is 18.3. The molecule has 0 aliphatic rings. The lowest BCUT2D eigenvalue weighted by Gasteiger charge is -2.19. The average molecular weight is 370 g/mol. The molecule has 2 aromatic heterocycles. The molecule has 0 fully saturated rings. The third kappa shape index (κ3) is 5.24. The van der Waals surface area contributed by atoms with Gasteiger partial charge in [0.15, 0.2) is 0 Å². The van der Waals surface area contributed by atoms with Crippen LogP contribution in [-0.2, 0) is 11.3 Å². The lowest BCUT2D eigenvalue weighted by atomic mass is 10.3. The van der Waals surface area contributed by atoms with Gasteiger partial charge in [-0.15, -0.1) is 21.5 Å². The second-order valence-corrected chi connectivity index (χ2v) is 6.87. The van der Waals surface area contributed by atoms with Gasteiger partial charge in [0.05, 0.1) is 11.4 Å². The van der Waals surface area contributed by atoms with E-state index in [4.69, 9.17) is 4.42 Å². The normalized spacial score (nSPS) is 11.0. The van der Waals surface area contributed by atoms with Crippen LogP contribution < -0.4 is 5.32 Å². The molecule has 3 aromatic rings. The zero-order valence-electron chi connectivity index (χ0n) is 14.7. The first-order chi connectivity index (χ1) is 12.7. The minimum Gasteiger partial charge on any atom is -0.419 e. The van der Waals surface area contributed by atoms with Crippen LogP contribution in [0.25, 0.3) is 10.8 Å². The summed E-state index contributed by atoms with van der Waals surface area (Å²) in [6.45, 7) is 4.17. The number of para-hydroxylation sites is 1. The van der Waals surface area contributed by atoms with E-state index in [2.05, 4.69) is 27.3 Å². The summed E-state index contributed by atoms with van der Waals surface area (Å²) in [5.74, 6) is 1.13. The molecule has 136 valence electrons. The van der Waals surface area contributed by atoms with Crippen molar-refractivity contribution in [2.75, 3.05) is 18.4 Å². The van der Waals surface area contributed by atoms with Gasteiger partial charge in [0.1, 0.15) is 0 Å². The summed E-state index contributed by atoms with van der Waals surface area (Å²) in [6, 6.07) is 13.4. The lowest BCUT2D eigenvalue weighted by Crippen LogP contribution is -2.28. The van der Waals surface area contributed by atoms with Crippen molar-refractivity contribution >= 4 is 22.9 Å². The fourth-order valence-corrected chi connectivity index (χ4v) is 3.24. The maximum Gasteiger partial charge on any atom is 0.257 e. The van der Waals surface area contributed by atoms with Gasteiger partial charge in [-0.25, -0.2) is 0 Å². The van der Waals surface area contributed by atoms with Gasteiger partial charge in [-0.3, -0.25) is 9.69 Å². The second-order valence-electron chi connectivity index (χ2n) is 5.92. The van der Waals surface area contributed by atoms with Crippen molar-refractivity contribution in [3.05, 3.63) is 53.7 Å². The van der Waals surface area contributed by atoms with Crippen LogP contribution in [0.4, 0.5) is 5.69 Å². The van der Waals surface area contributed by atoms with Crippen molar-refractivity contribution in [2.24, 2.45) is 0 Å². The number of thiophene rings is 1. The summed E-state index contributed by atoms with van der Waals surface area (Å²) in [7, 11) is 0. The molecule has 1 amide bonds. The molecule has 0 atom stereocenters. The molecule has 3 rings (SSSR count). The van der Waals surface area contributed by atoms with Crippen molar-refractivity contribution in [1.82, 2.24) is 15.1 Å². The third-order valence-electron chi connectivity index (χ3n) is 3.81. The van der Waals surface area contributed by atoms with Crippen LogP contribution in [0, 0.1) is 0 Å². The maximum absolute atomic E-state index is 12.1. The van der Waals surface area contributed by atoms with Crippen molar-refractivity contribution in [2.45, 2.75) is 26.3 Å². The number of hydrogen-bond acceptors (Lipinski definition) is 6. The van der Waals surface area contributed by atoms with Gasteiger partial charge < -0.3 is 9.73 Å². The molecule has 1 N–H and O–H groups in total. The van der Waals surface area contributed by atoms with E-state index < -0.39 is 0 Å². The molecule has 0 aliphatic carbocycles. The SMILES string of the molecule is CCCN(CCC(=O)Nc1ccccc1)Cc1nnc(-c2cccs2)o1. The first-order valence-electron chi connectivity index (χ1n) is 8.68. The number of carbonyl (C=O) groups excluding carboxylic acids is 1. The van der Waals surface area contributed by atoms with E-state index in [0.29, 0.717) is 31.3 Å². The molecular weight excluding hydrogens is 348 g/mol. The lowest BCUT2D eigenvalue weighted by molar-refractivity contribution is -0.116. The highest BCUT2D eigenvalue weighted by molar-refractivity contribution is 7.13. The minimum atomic E-state index is 0.00195. The Balaban J connectivity index is 1.53. The minimum absolute atomic E-state index is 0.00195. The number of aromatic nitrogens is 2. The molecule has 0 radical (unpaired) electrons. The van der Waals surface area contributed by atoms with Crippen LogP contribution in [0.5, 0.6) is 0 Å². The maximum atomic E-state index is 12.1. The molecule has 1 aromatic carbocycles. The van der Waals surface area contributed by atoms with E-state index in [9.17, 15) is 4.79 Å². The third-order valence-corrected chi connectivity index (χ3v) is 4.67. The number of anilines is 1. The zero-order chi connectivity index (χ0) is 18.2. The molecule has 7 heteroatoms. The molecule has 2 heterocycles. The van der Waals surface area contributed by atoms with Crippen LogP contribution in [0.15, 0.2) is 52.3 Å². The summed E-state index contributed by atoms with van der Waals surface area (Å²) >= 11 is 1.57. The van der Waals surface area contributed by atoms with E-state index in [-0.39, 0.29) is 5.91 Å². The smallest absolute Gasteiger partial charge is 0.257 e. The summed E-state index contributed by atoms with van der Waals surface area (Å²) in [4.78, 5) is 15.3. The van der Waals surface area contributed by atoms with Crippen LogP contribution >= 0.6 is 11.3 Å². The van der Waals surface area contributed by atoms with Gasteiger partial charge >= 0.3 is 0 Å². The van der Waals surface area contributed by atoms with Crippen molar-refractivity contribution in [3.8, 4) is 10.8 Å². The molecular formula is C19H22N4O2S. The second kappa shape index (κ2) is 9.26. The summed E-state index contributed by atoms with van der Waals surface area (Å²) in [5, 5.41) is 13.1. The summed E-state index contributed by atoms with van der Waals surface area (Å²) in [5.41, 5.74) is 0.817. The molecule has 0 saturated carbocycles. The number of amides is 1. The van der Waals surface area contributed by atoms with Gasteiger partial charge in [0, 0.05) is 18.7 Å². The Morgan fingerprint density at radius 3 is 2.73 bits per heavy atom. The quantitative estimate of drug-likeness (QED) is 0.615. The molecule has 0 aliphatic heterocycles. The first-order valence-corrected chi connectivity index (χ1v) is 9.56. The number of carbonyl (C=O) groups is 1. The number of benzene rings is 1. The monoisotopic (exact) mass is 370 g/mol. The van der Waals surface area contributed by atoms with Gasteiger partial charge in [-0.1, -0.05) is 31.2 Å². The van der Waals surface area contributed by atoms with Crippen molar-refractivity contribution < 1.29 is 9.21 Å². The number of nitrogens with zero attached hydrogens (tertiary/aromatic N) is 3. The van der Waals surface area contributed by atoms with Crippen molar-refractivity contribution in [3.63, 3.8) is 0 Å². The van der Waals surface area contributed by atoms with Crippen LogP contribution in [0.1, 0.15) is 25.7 Å². The number of rotatable bonds is 9. The Kier molecular flexibility index (Phi) is 6.51. The van der Waals surface area contributed by atoms with Gasteiger partial charge in [0.25, 0.3) is 5.89 Å². The molecule has 0 saturated heterocycles. The Hall–Kier alpha value is -2.51. The fraction of sp³-hybridized carbons (Fsp3) is 0.316. The fourth-order valence-electron chi connectivity index (χ4n) is 2.60. The predicted molar refractivity (Wildman–Crippen MR) is 103 cm³/mol. The van der Waals surface area contributed by atoms with Crippen molar-refractivity contribution in [1.29, 1.82) is 0 Å². The van der Waals surface area contributed by atoms with Crippen LogP contribution in [0.3, 0.4) is 0 Å². The number of hydrogen-bond donors (Lipinski definition) is 1. The highest BCUT2D eigenvalue weighted by atomic mass is 32.1. The molecule has 26 heavy (non-hydrogen) atoms.